The minimum absolute atomic E-state index is 0.963. The van der Waals surface area contributed by atoms with Gasteiger partial charge in [0.25, 0.3) is 0 Å². The van der Waals surface area contributed by atoms with Crippen molar-refractivity contribution in [2.45, 2.75) is 18.7 Å². The van der Waals surface area contributed by atoms with E-state index in [4.69, 9.17) is 17.5 Å². The second-order valence-electron chi connectivity index (χ2n) is 3.92. The van der Waals surface area contributed by atoms with E-state index in [1.54, 1.807) is 0 Å². The Balaban J connectivity index is 0.000000312. The number of benzene rings is 1. The van der Waals surface area contributed by atoms with Crippen LogP contribution < -0.4 is 10.3 Å². The fourth-order valence-corrected chi connectivity index (χ4v) is 1.77. The van der Waals surface area contributed by atoms with Gasteiger partial charge in [-0.25, -0.2) is 13.4 Å². The number of allylic oxidation sites excluding steroid dienone is 2. The minimum Gasteiger partial charge on any atom is -0.726 e. The van der Waals surface area contributed by atoms with Crippen molar-refractivity contribution in [3.63, 3.8) is 0 Å². The zero-order valence-corrected chi connectivity index (χ0v) is 12.0. The summed E-state index contributed by atoms with van der Waals surface area (Å²) in [5, 5.41) is 3.32. The molecule has 0 radical (unpaired) electrons. The normalized spacial score (nSPS) is 13.9. The second-order valence-corrected chi connectivity index (χ2v) is 5.29. The summed E-state index contributed by atoms with van der Waals surface area (Å²) in [5.41, 5.74) is 4.44. The Labute approximate surface area is 117 Å². The van der Waals surface area contributed by atoms with Gasteiger partial charge < -0.3 is 9.87 Å². The lowest BCUT2D eigenvalue weighted by molar-refractivity contribution is -0.351. The molecule has 104 valence electrons. The summed E-state index contributed by atoms with van der Waals surface area (Å²) in [6.45, 7) is 4.10. The fourth-order valence-electron chi connectivity index (χ4n) is 1.57. The third kappa shape index (κ3) is 6.39. The van der Waals surface area contributed by atoms with Crippen molar-refractivity contribution >= 4 is 40.1 Å². The Morgan fingerprint density at radius 1 is 1.37 bits per heavy atom. The lowest BCUT2D eigenvalue weighted by atomic mass is 10.2. The van der Waals surface area contributed by atoms with E-state index in [0.717, 1.165) is 27.7 Å². The number of rotatable bonds is 0. The molecule has 2 rings (SSSR count). The van der Waals surface area contributed by atoms with E-state index in [0.29, 0.717) is 0 Å². The molecular formula is C11H14N2O4S2. The maximum Gasteiger partial charge on any atom is 0.227 e. The van der Waals surface area contributed by atoms with E-state index in [1.807, 2.05) is 25.1 Å². The monoisotopic (exact) mass is 302 g/mol. The highest BCUT2D eigenvalue weighted by atomic mass is 32.3. The van der Waals surface area contributed by atoms with Gasteiger partial charge in [0.05, 0.1) is 0 Å². The van der Waals surface area contributed by atoms with Gasteiger partial charge in [-0.05, 0) is 19.1 Å². The summed E-state index contributed by atoms with van der Waals surface area (Å²) in [5.74, 6) is 0. The van der Waals surface area contributed by atoms with Gasteiger partial charge in [-0.2, -0.15) is 0 Å². The molecule has 1 aromatic rings. The summed E-state index contributed by atoms with van der Waals surface area (Å²) >= 11 is 4.31. The Morgan fingerprint density at radius 3 is 2.53 bits per heavy atom. The van der Waals surface area contributed by atoms with E-state index in [-0.39, 0.29) is 0 Å². The van der Waals surface area contributed by atoms with Gasteiger partial charge in [-0.3, -0.25) is 4.55 Å². The molecule has 0 amide bonds. The third-order valence-corrected chi connectivity index (χ3v) is 2.38. The van der Waals surface area contributed by atoms with Crippen molar-refractivity contribution in [1.29, 1.82) is 0 Å². The van der Waals surface area contributed by atoms with Crippen LogP contribution >= 0.6 is 12.6 Å². The van der Waals surface area contributed by atoms with E-state index in [2.05, 4.69) is 35.9 Å². The summed E-state index contributed by atoms with van der Waals surface area (Å²) < 4.78 is 32.8. The van der Waals surface area contributed by atoms with Crippen LogP contribution in [0.2, 0.25) is 0 Å². The van der Waals surface area contributed by atoms with Crippen LogP contribution in [0.15, 0.2) is 34.9 Å². The molecule has 0 aromatic heterocycles. The van der Waals surface area contributed by atoms with Crippen LogP contribution in [0.4, 0.5) is 11.4 Å². The summed E-state index contributed by atoms with van der Waals surface area (Å²) in [6, 6.07) is 6.02. The van der Waals surface area contributed by atoms with Gasteiger partial charge in [0.2, 0.25) is 16.1 Å². The maximum atomic E-state index is 8.63. The summed E-state index contributed by atoms with van der Waals surface area (Å²) in [7, 11) is -4.92. The molecule has 0 unspecified atom stereocenters. The van der Waals surface area contributed by atoms with Crippen molar-refractivity contribution in [3.8, 4) is 0 Å². The van der Waals surface area contributed by atoms with Gasteiger partial charge in [0.15, 0.2) is 5.71 Å². The van der Waals surface area contributed by atoms with E-state index >= 15 is 0 Å². The third-order valence-electron chi connectivity index (χ3n) is 2.10. The average Bonchev–Trinajstić information content (AvgIpc) is 2.31. The predicted molar refractivity (Wildman–Crippen MR) is 74.7 cm³/mol. The van der Waals surface area contributed by atoms with Crippen LogP contribution in [-0.4, -0.2) is 23.2 Å². The molecule has 0 spiro atoms. The van der Waals surface area contributed by atoms with Gasteiger partial charge >= 0.3 is 0 Å². The van der Waals surface area contributed by atoms with Crippen LogP contribution in [0.3, 0.4) is 0 Å². The lowest BCUT2D eigenvalue weighted by Gasteiger charge is -2.04. The molecule has 0 fully saturated rings. The van der Waals surface area contributed by atoms with Gasteiger partial charge in [0, 0.05) is 29.7 Å². The molecule has 6 nitrogen and oxygen atoms in total. The topological polar surface area (TPSA) is 103 Å². The van der Waals surface area contributed by atoms with Crippen molar-refractivity contribution in [1.82, 2.24) is 0 Å². The highest BCUT2D eigenvalue weighted by Gasteiger charge is 2.11. The Bertz CT molecular complexity index is 628. The smallest absolute Gasteiger partial charge is 0.227 e. The zero-order valence-electron chi connectivity index (χ0n) is 10.3. The number of thiol groups is 1. The molecule has 0 bridgehead atoms. The first-order chi connectivity index (χ1) is 8.65. The standard InChI is InChI=1S/C11H12N2S.H2O4S/c1-7-5-8(2)13-11-6-9(14)3-4-10(11)12-7;1-5(2,3)4/h3-6,13-14H,1-2H3;(H2,1,2,3,4). The predicted octanol–water partition coefficient (Wildman–Crippen LogP) is 0.482. The number of nitrogens with one attached hydrogen (secondary N) is 2. The van der Waals surface area contributed by atoms with Gasteiger partial charge in [-0.15, -0.1) is 12.6 Å². The first kappa shape index (κ1) is 15.7. The molecule has 0 aliphatic carbocycles. The fraction of sp³-hybridized carbons (Fsp3) is 0.182. The highest BCUT2D eigenvalue weighted by Crippen LogP contribution is 2.23. The zero-order chi connectivity index (χ0) is 14.6. The first-order valence-electron chi connectivity index (χ1n) is 5.22. The van der Waals surface area contributed by atoms with Crippen LogP contribution in [0, 0.1) is 0 Å². The number of fused-ring (bicyclic) bond motifs is 1. The number of anilines is 1. The lowest BCUT2D eigenvalue weighted by Crippen LogP contribution is -2.64. The van der Waals surface area contributed by atoms with Crippen molar-refractivity contribution in [3.05, 3.63) is 30.0 Å². The SMILES string of the molecule is CC1=CC(C)=[NH+]c2ccc(S)cc2N1.O=S(=O)([O-])O. The van der Waals surface area contributed by atoms with Crippen molar-refractivity contribution in [2.75, 3.05) is 5.32 Å². The molecule has 1 aliphatic rings. The number of hydrogen-bond donors (Lipinski definition) is 4. The largest absolute Gasteiger partial charge is 0.726 e. The second kappa shape index (κ2) is 6.20. The van der Waals surface area contributed by atoms with Crippen molar-refractivity contribution < 1.29 is 22.5 Å². The molecule has 0 saturated heterocycles. The quantitative estimate of drug-likeness (QED) is 0.317. The molecule has 3 N–H and O–H groups in total. The summed E-state index contributed by atoms with van der Waals surface area (Å²) in [4.78, 5) is 4.29. The molecule has 1 aliphatic heterocycles. The molecule has 1 heterocycles. The Kier molecular flexibility index (Phi) is 5.12. The molecule has 0 atom stereocenters. The first-order valence-corrected chi connectivity index (χ1v) is 7.03. The maximum absolute atomic E-state index is 8.63. The van der Waals surface area contributed by atoms with E-state index < -0.39 is 10.4 Å². The molecule has 1 aromatic carbocycles. The highest BCUT2D eigenvalue weighted by molar-refractivity contribution is 7.80. The van der Waals surface area contributed by atoms with Crippen LogP contribution in [0.5, 0.6) is 0 Å². The molecular weight excluding hydrogens is 288 g/mol. The van der Waals surface area contributed by atoms with E-state index in [1.165, 1.54) is 0 Å². The molecule has 0 saturated carbocycles. The van der Waals surface area contributed by atoms with Gasteiger partial charge in [0.1, 0.15) is 5.69 Å². The molecule has 19 heavy (non-hydrogen) atoms. The Hall–Kier alpha value is -1.35. The van der Waals surface area contributed by atoms with E-state index in [9.17, 15) is 0 Å². The summed E-state index contributed by atoms with van der Waals surface area (Å²) in [6.07, 6.45) is 2.08. The minimum atomic E-state index is -4.92. The van der Waals surface area contributed by atoms with Crippen LogP contribution in [0.25, 0.3) is 0 Å². The van der Waals surface area contributed by atoms with Crippen LogP contribution in [0.1, 0.15) is 13.8 Å². The van der Waals surface area contributed by atoms with Crippen molar-refractivity contribution in [2.24, 2.45) is 0 Å². The van der Waals surface area contributed by atoms with Crippen LogP contribution in [-0.2, 0) is 10.4 Å². The number of hydrogen-bond acceptors (Lipinski definition) is 5. The average molecular weight is 302 g/mol. The van der Waals surface area contributed by atoms with Gasteiger partial charge in [-0.1, -0.05) is 0 Å². The Morgan fingerprint density at radius 2 is 1.95 bits per heavy atom. The molecule has 8 heteroatoms.